The van der Waals surface area contributed by atoms with Crippen molar-refractivity contribution in [1.82, 2.24) is 10.2 Å². The summed E-state index contributed by atoms with van der Waals surface area (Å²) < 4.78 is 29.7. The lowest BCUT2D eigenvalue weighted by Gasteiger charge is -2.34. The molecule has 8 heteroatoms. The van der Waals surface area contributed by atoms with E-state index >= 15 is 0 Å². The molecular formula is C37H43N3O4S. The lowest BCUT2D eigenvalue weighted by Crippen LogP contribution is -2.53. The summed E-state index contributed by atoms with van der Waals surface area (Å²) in [6.45, 7) is 9.75. The van der Waals surface area contributed by atoms with Crippen LogP contribution >= 0.6 is 0 Å². The van der Waals surface area contributed by atoms with Crippen LogP contribution in [-0.2, 0) is 32.6 Å². The third-order valence-electron chi connectivity index (χ3n) is 7.76. The van der Waals surface area contributed by atoms with Crippen molar-refractivity contribution in [2.45, 2.75) is 64.9 Å². The quantitative estimate of drug-likeness (QED) is 0.190. The van der Waals surface area contributed by atoms with E-state index in [0.717, 1.165) is 39.8 Å². The zero-order valence-corrected chi connectivity index (χ0v) is 27.6. The SMILES string of the molecule is CCCNC(=O)C(Cc1ccccc1)N(Cc1cccc(C)c1)C(=O)CN(c1ccc(C)cc1C)S(=O)(=O)c1ccc(C)cc1. The van der Waals surface area contributed by atoms with Crippen LogP contribution in [0.5, 0.6) is 0 Å². The molecule has 0 saturated carbocycles. The van der Waals surface area contributed by atoms with E-state index in [4.69, 9.17) is 0 Å². The molecule has 7 nitrogen and oxygen atoms in total. The first-order valence-electron chi connectivity index (χ1n) is 15.3. The van der Waals surface area contributed by atoms with E-state index in [1.54, 1.807) is 30.3 Å². The summed E-state index contributed by atoms with van der Waals surface area (Å²) in [6, 6.07) is 28.6. The Morgan fingerprint density at radius 1 is 0.756 bits per heavy atom. The van der Waals surface area contributed by atoms with Gasteiger partial charge in [-0.2, -0.15) is 0 Å². The van der Waals surface area contributed by atoms with Crippen molar-refractivity contribution in [3.8, 4) is 0 Å². The standard InChI is InChI=1S/C37H43N3O4S/c1-6-21-38-37(42)35(24-31-12-8-7-9-13-31)39(25-32-14-10-11-28(3)23-32)36(41)26-40(34-20-17-29(4)22-30(34)5)45(43,44)33-18-15-27(2)16-19-33/h7-20,22-23,35H,6,21,24-26H2,1-5H3,(H,38,42). The highest BCUT2D eigenvalue weighted by Gasteiger charge is 2.35. The molecule has 0 bridgehead atoms. The summed E-state index contributed by atoms with van der Waals surface area (Å²) >= 11 is 0. The van der Waals surface area contributed by atoms with Gasteiger partial charge in [0.1, 0.15) is 12.6 Å². The number of carbonyl (C=O) groups excluding carboxylic acids is 2. The van der Waals surface area contributed by atoms with Crippen LogP contribution < -0.4 is 9.62 Å². The van der Waals surface area contributed by atoms with E-state index in [2.05, 4.69) is 5.32 Å². The predicted octanol–water partition coefficient (Wildman–Crippen LogP) is 6.28. The Morgan fingerprint density at radius 3 is 2.04 bits per heavy atom. The van der Waals surface area contributed by atoms with Gasteiger partial charge in [-0.1, -0.05) is 102 Å². The normalized spacial score (nSPS) is 11.9. The van der Waals surface area contributed by atoms with Gasteiger partial charge in [0.05, 0.1) is 10.6 Å². The fraction of sp³-hybridized carbons (Fsp3) is 0.297. The van der Waals surface area contributed by atoms with Gasteiger partial charge in [-0.25, -0.2) is 8.42 Å². The average molecular weight is 626 g/mol. The highest BCUT2D eigenvalue weighted by molar-refractivity contribution is 7.92. The molecule has 45 heavy (non-hydrogen) atoms. The minimum Gasteiger partial charge on any atom is -0.354 e. The van der Waals surface area contributed by atoms with Gasteiger partial charge in [0, 0.05) is 19.5 Å². The molecule has 0 aromatic heterocycles. The second kappa shape index (κ2) is 15.0. The molecule has 236 valence electrons. The summed E-state index contributed by atoms with van der Waals surface area (Å²) in [6.07, 6.45) is 1.02. The number of nitrogens with zero attached hydrogens (tertiary/aromatic N) is 2. The second-order valence-electron chi connectivity index (χ2n) is 11.6. The van der Waals surface area contributed by atoms with Crippen LogP contribution in [0, 0.1) is 27.7 Å². The summed E-state index contributed by atoms with van der Waals surface area (Å²) in [5.41, 5.74) is 5.82. The van der Waals surface area contributed by atoms with E-state index < -0.39 is 28.5 Å². The topological polar surface area (TPSA) is 86.8 Å². The number of amides is 2. The fourth-order valence-corrected chi connectivity index (χ4v) is 6.84. The zero-order chi connectivity index (χ0) is 32.6. The largest absolute Gasteiger partial charge is 0.354 e. The van der Waals surface area contributed by atoms with Crippen molar-refractivity contribution in [3.05, 3.63) is 130 Å². The average Bonchev–Trinajstić information content (AvgIpc) is 3.01. The Balaban J connectivity index is 1.82. The zero-order valence-electron chi connectivity index (χ0n) is 26.8. The van der Waals surface area contributed by atoms with Crippen LogP contribution in [0.1, 0.15) is 46.7 Å². The lowest BCUT2D eigenvalue weighted by molar-refractivity contribution is -0.140. The minimum absolute atomic E-state index is 0.0904. The first-order valence-corrected chi connectivity index (χ1v) is 16.8. The summed E-state index contributed by atoms with van der Waals surface area (Å²) in [4.78, 5) is 30.0. The molecule has 0 saturated heterocycles. The number of aryl methyl sites for hydroxylation is 4. The Hall–Kier alpha value is -4.43. The van der Waals surface area contributed by atoms with Crippen LogP contribution in [0.15, 0.2) is 102 Å². The molecule has 0 radical (unpaired) electrons. The van der Waals surface area contributed by atoms with Crippen molar-refractivity contribution in [3.63, 3.8) is 0 Å². The molecule has 0 aliphatic carbocycles. The van der Waals surface area contributed by atoms with Crippen molar-refractivity contribution in [2.24, 2.45) is 0 Å². The molecule has 1 atom stereocenters. The van der Waals surface area contributed by atoms with Crippen molar-refractivity contribution in [1.29, 1.82) is 0 Å². The predicted molar refractivity (Wildman–Crippen MR) is 181 cm³/mol. The second-order valence-corrected chi connectivity index (χ2v) is 13.5. The Morgan fingerprint density at radius 2 is 1.40 bits per heavy atom. The number of benzene rings is 4. The Kier molecular flexibility index (Phi) is 11.2. The van der Waals surface area contributed by atoms with Gasteiger partial charge in [0.25, 0.3) is 10.0 Å². The van der Waals surface area contributed by atoms with Crippen molar-refractivity contribution < 1.29 is 18.0 Å². The molecule has 0 heterocycles. The van der Waals surface area contributed by atoms with Gasteiger partial charge in [-0.15, -0.1) is 0 Å². The van der Waals surface area contributed by atoms with Crippen LogP contribution in [0.2, 0.25) is 0 Å². The summed E-state index contributed by atoms with van der Waals surface area (Å²) in [7, 11) is -4.15. The maximum Gasteiger partial charge on any atom is 0.264 e. The molecule has 4 rings (SSSR count). The molecule has 1 N–H and O–H groups in total. The minimum atomic E-state index is -4.15. The monoisotopic (exact) mass is 625 g/mol. The number of rotatable bonds is 13. The summed E-state index contributed by atoms with van der Waals surface area (Å²) in [5.74, 6) is -0.749. The highest BCUT2D eigenvalue weighted by atomic mass is 32.2. The third kappa shape index (κ3) is 8.60. The van der Waals surface area contributed by atoms with Gasteiger partial charge in [-0.05, 0) is 69.0 Å². The van der Waals surface area contributed by atoms with Gasteiger partial charge in [-0.3, -0.25) is 13.9 Å². The highest BCUT2D eigenvalue weighted by Crippen LogP contribution is 2.29. The van der Waals surface area contributed by atoms with E-state index in [-0.39, 0.29) is 23.8 Å². The van der Waals surface area contributed by atoms with E-state index in [1.165, 1.54) is 9.21 Å². The van der Waals surface area contributed by atoms with Gasteiger partial charge in [0.2, 0.25) is 11.8 Å². The Labute approximate surface area is 268 Å². The first kappa shape index (κ1) is 33.5. The molecule has 0 spiro atoms. The van der Waals surface area contributed by atoms with Crippen LogP contribution in [0.25, 0.3) is 0 Å². The molecule has 1 unspecified atom stereocenters. The van der Waals surface area contributed by atoms with Crippen LogP contribution in [-0.4, -0.2) is 44.3 Å². The maximum atomic E-state index is 14.6. The number of hydrogen-bond donors (Lipinski definition) is 1. The maximum absolute atomic E-state index is 14.6. The number of anilines is 1. The van der Waals surface area contributed by atoms with E-state index in [1.807, 2.05) is 101 Å². The molecule has 0 aliphatic rings. The van der Waals surface area contributed by atoms with Crippen LogP contribution in [0.3, 0.4) is 0 Å². The van der Waals surface area contributed by atoms with Gasteiger partial charge < -0.3 is 10.2 Å². The number of hydrogen-bond acceptors (Lipinski definition) is 4. The molecule has 2 amide bonds. The van der Waals surface area contributed by atoms with E-state index in [9.17, 15) is 18.0 Å². The number of nitrogens with one attached hydrogen (secondary N) is 1. The molecule has 4 aromatic rings. The third-order valence-corrected chi connectivity index (χ3v) is 9.54. The molecule has 4 aromatic carbocycles. The fourth-order valence-electron chi connectivity index (χ4n) is 5.36. The van der Waals surface area contributed by atoms with Crippen molar-refractivity contribution >= 4 is 27.5 Å². The molecule has 0 aliphatic heterocycles. The first-order chi connectivity index (χ1) is 21.5. The van der Waals surface area contributed by atoms with Gasteiger partial charge in [0.15, 0.2) is 0 Å². The Bertz CT molecular complexity index is 1720. The van der Waals surface area contributed by atoms with Crippen LogP contribution in [0.4, 0.5) is 5.69 Å². The number of sulfonamides is 1. The number of carbonyl (C=O) groups is 2. The van der Waals surface area contributed by atoms with Crippen molar-refractivity contribution in [2.75, 3.05) is 17.4 Å². The van der Waals surface area contributed by atoms with Gasteiger partial charge >= 0.3 is 0 Å². The van der Waals surface area contributed by atoms with E-state index in [0.29, 0.717) is 12.2 Å². The molecule has 0 fully saturated rings. The summed E-state index contributed by atoms with van der Waals surface area (Å²) in [5, 5.41) is 2.98. The smallest absolute Gasteiger partial charge is 0.264 e. The lowest BCUT2D eigenvalue weighted by atomic mass is 10.0. The molecular weight excluding hydrogens is 582 g/mol.